The van der Waals surface area contributed by atoms with Gasteiger partial charge in [0.2, 0.25) is 0 Å². The number of amides is 1. The highest BCUT2D eigenvalue weighted by Gasteiger charge is 2.17. The van der Waals surface area contributed by atoms with Crippen LogP contribution in [0.1, 0.15) is 21.7 Å². The van der Waals surface area contributed by atoms with Crippen LogP contribution in [0.5, 0.6) is 5.88 Å². The number of nitrogens with two attached hydrogens (primary N) is 1. The van der Waals surface area contributed by atoms with E-state index >= 15 is 0 Å². The van der Waals surface area contributed by atoms with Crippen molar-refractivity contribution in [1.82, 2.24) is 9.38 Å². The number of halogens is 2. The predicted octanol–water partition coefficient (Wildman–Crippen LogP) is 3.11. The minimum atomic E-state index is -0.616. The molecule has 0 bridgehead atoms. The van der Waals surface area contributed by atoms with Crippen LogP contribution in [0, 0.1) is 12.7 Å². The summed E-state index contributed by atoms with van der Waals surface area (Å²) in [6.45, 7) is 1.60. The number of rotatable bonds is 4. The van der Waals surface area contributed by atoms with Gasteiger partial charge in [-0.15, -0.1) is 0 Å². The Morgan fingerprint density at radius 1 is 1.35 bits per heavy atom. The van der Waals surface area contributed by atoms with Crippen molar-refractivity contribution in [3.63, 3.8) is 0 Å². The summed E-state index contributed by atoms with van der Waals surface area (Å²) in [6, 6.07) is 9.51. The van der Waals surface area contributed by atoms with E-state index in [0.29, 0.717) is 17.2 Å². The van der Waals surface area contributed by atoms with E-state index < -0.39 is 11.7 Å². The topological polar surface area (TPSA) is 69.6 Å². The fraction of sp³-hybridized carbons (Fsp3) is 0.125. The number of primary amides is 1. The smallest absolute Gasteiger partial charge is 0.267 e. The maximum absolute atomic E-state index is 13.8. The molecule has 3 rings (SSSR count). The Hall–Kier alpha value is -2.60. The van der Waals surface area contributed by atoms with Crippen molar-refractivity contribution in [2.24, 2.45) is 5.73 Å². The second-order valence-corrected chi connectivity index (χ2v) is 5.36. The van der Waals surface area contributed by atoms with Crippen LogP contribution in [0.2, 0.25) is 5.02 Å². The molecule has 0 atom stereocenters. The summed E-state index contributed by atoms with van der Waals surface area (Å²) in [5.74, 6) is -0.743. The molecule has 3 aromatic rings. The first-order valence-corrected chi connectivity index (χ1v) is 7.20. The molecule has 23 heavy (non-hydrogen) atoms. The molecule has 0 saturated heterocycles. The lowest BCUT2D eigenvalue weighted by Crippen LogP contribution is -2.16. The van der Waals surface area contributed by atoms with Gasteiger partial charge in [-0.05, 0) is 31.2 Å². The third kappa shape index (κ3) is 2.73. The molecule has 118 valence electrons. The second kappa shape index (κ2) is 5.89. The van der Waals surface area contributed by atoms with E-state index in [9.17, 15) is 9.18 Å². The number of pyridine rings is 1. The van der Waals surface area contributed by atoms with Gasteiger partial charge in [-0.2, -0.15) is 0 Å². The lowest BCUT2D eigenvalue weighted by atomic mass is 10.2. The highest BCUT2D eigenvalue weighted by Crippen LogP contribution is 2.24. The summed E-state index contributed by atoms with van der Waals surface area (Å²) >= 11 is 5.99. The molecule has 5 nitrogen and oxygen atoms in total. The zero-order valence-corrected chi connectivity index (χ0v) is 13.0. The van der Waals surface area contributed by atoms with Crippen LogP contribution in [0.25, 0.3) is 5.65 Å². The number of fused-ring (bicyclic) bond motifs is 1. The van der Waals surface area contributed by atoms with Gasteiger partial charge in [-0.1, -0.05) is 23.7 Å². The van der Waals surface area contributed by atoms with Crippen LogP contribution in [0.4, 0.5) is 4.39 Å². The first-order chi connectivity index (χ1) is 11.0. The van der Waals surface area contributed by atoms with Gasteiger partial charge < -0.3 is 10.5 Å². The first-order valence-electron chi connectivity index (χ1n) is 6.82. The quantitative estimate of drug-likeness (QED) is 0.797. The second-order valence-electron chi connectivity index (χ2n) is 4.96. The first kappa shape index (κ1) is 15.3. The maximum Gasteiger partial charge on any atom is 0.267 e. The van der Waals surface area contributed by atoms with Crippen LogP contribution in [0.15, 0.2) is 36.4 Å². The van der Waals surface area contributed by atoms with E-state index in [1.807, 2.05) is 0 Å². The molecule has 0 saturated carbocycles. The summed E-state index contributed by atoms with van der Waals surface area (Å²) in [5, 5.41) is 0.272. The summed E-state index contributed by atoms with van der Waals surface area (Å²) in [4.78, 5) is 15.9. The van der Waals surface area contributed by atoms with Crippen LogP contribution < -0.4 is 10.5 Å². The van der Waals surface area contributed by atoms with E-state index in [4.69, 9.17) is 22.1 Å². The average Bonchev–Trinajstić information content (AvgIpc) is 2.83. The molecular formula is C16H13ClFN3O2. The Morgan fingerprint density at radius 2 is 2.09 bits per heavy atom. The van der Waals surface area contributed by atoms with Crippen LogP contribution >= 0.6 is 11.6 Å². The summed E-state index contributed by atoms with van der Waals surface area (Å²) in [7, 11) is 0. The third-order valence-corrected chi connectivity index (χ3v) is 3.80. The molecule has 1 aromatic carbocycles. The maximum atomic E-state index is 13.8. The van der Waals surface area contributed by atoms with Gasteiger partial charge in [0.05, 0.1) is 10.7 Å². The third-order valence-electron chi connectivity index (χ3n) is 3.44. The molecule has 7 heteroatoms. The van der Waals surface area contributed by atoms with Crippen molar-refractivity contribution in [2.45, 2.75) is 13.5 Å². The van der Waals surface area contributed by atoms with E-state index in [1.165, 1.54) is 16.5 Å². The van der Waals surface area contributed by atoms with Gasteiger partial charge in [0.1, 0.15) is 23.8 Å². The minimum Gasteiger partial charge on any atom is -0.474 e. The number of hydrogen-bond donors (Lipinski definition) is 1. The van der Waals surface area contributed by atoms with Crippen LogP contribution in [0.3, 0.4) is 0 Å². The SMILES string of the molecule is Cc1nc2cccc(OCc3c(F)cccc3Cl)n2c1C(N)=O. The van der Waals surface area contributed by atoms with Gasteiger partial charge in [0.25, 0.3) is 5.91 Å². The zero-order chi connectivity index (χ0) is 16.6. The summed E-state index contributed by atoms with van der Waals surface area (Å²) < 4.78 is 21.0. The van der Waals surface area contributed by atoms with E-state index in [0.717, 1.165) is 0 Å². The number of ether oxygens (including phenoxy) is 1. The molecule has 0 fully saturated rings. The van der Waals surface area contributed by atoms with E-state index in [-0.39, 0.29) is 22.9 Å². The van der Waals surface area contributed by atoms with Crippen molar-refractivity contribution in [1.29, 1.82) is 0 Å². The number of carbonyl (C=O) groups excluding carboxylic acids is 1. The lowest BCUT2D eigenvalue weighted by Gasteiger charge is -2.11. The molecule has 2 N–H and O–H groups in total. The molecule has 0 unspecified atom stereocenters. The van der Waals surface area contributed by atoms with Gasteiger partial charge in [0.15, 0.2) is 5.88 Å². The highest BCUT2D eigenvalue weighted by molar-refractivity contribution is 6.31. The largest absolute Gasteiger partial charge is 0.474 e. The van der Waals surface area contributed by atoms with E-state index in [1.54, 1.807) is 31.2 Å². The number of nitrogens with zero attached hydrogens (tertiary/aromatic N) is 2. The number of carbonyl (C=O) groups is 1. The Kier molecular flexibility index (Phi) is 3.92. The monoisotopic (exact) mass is 333 g/mol. The normalized spacial score (nSPS) is 10.9. The molecule has 2 heterocycles. The number of imidazole rings is 1. The minimum absolute atomic E-state index is 0.0833. The van der Waals surface area contributed by atoms with Crippen LogP contribution in [-0.2, 0) is 6.61 Å². The zero-order valence-electron chi connectivity index (χ0n) is 12.2. The highest BCUT2D eigenvalue weighted by atomic mass is 35.5. The number of aromatic nitrogens is 2. The summed E-state index contributed by atoms with van der Waals surface area (Å²) in [5.41, 5.74) is 6.90. The van der Waals surface area contributed by atoms with Gasteiger partial charge >= 0.3 is 0 Å². The fourth-order valence-electron chi connectivity index (χ4n) is 2.39. The number of hydrogen-bond acceptors (Lipinski definition) is 3. The van der Waals surface area contributed by atoms with E-state index in [2.05, 4.69) is 4.98 Å². The average molecular weight is 334 g/mol. The molecule has 0 aliphatic carbocycles. The van der Waals surface area contributed by atoms with Gasteiger partial charge in [-0.3, -0.25) is 9.20 Å². The van der Waals surface area contributed by atoms with Gasteiger partial charge in [0, 0.05) is 5.56 Å². The molecule has 2 aromatic heterocycles. The Balaban J connectivity index is 2.02. The van der Waals surface area contributed by atoms with Crippen molar-refractivity contribution >= 4 is 23.2 Å². The Bertz CT molecular complexity index is 887. The predicted molar refractivity (Wildman–Crippen MR) is 84.2 cm³/mol. The van der Waals surface area contributed by atoms with Gasteiger partial charge in [-0.25, -0.2) is 9.37 Å². The fourth-order valence-corrected chi connectivity index (χ4v) is 2.61. The Labute approximate surface area is 136 Å². The summed E-state index contributed by atoms with van der Waals surface area (Å²) in [6.07, 6.45) is 0. The van der Waals surface area contributed by atoms with Crippen LogP contribution in [-0.4, -0.2) is 15.3 Å². The van der Waals surface area contributed by atoms with Crippen molar-refractivity contribution in [3.05, 3.63) is 64.2 Å². The Morgan fingerprint density at radius 3 is 2.78 bits per heavy atom. The van der Waals surface area contributed by atoms with Crippen molar-refractivity contribution in [2.75, 3.05) is 0 Å². The number of aryl methyl sites for hydroxylation is 1. The molecule has 0 radical (unpaired) electrons. The number of benzene rings is 1. The molecule has 0 aliphatic rings. The molecular weight excluding hydrogens is 321 g/mol. The standard InChI is InChI=1S/C16H13ClFN3O2/c1-9-15(16(19)22)21-13(20-9)6-3-7-14(21)23-8-10-11(17)4-2-5-12(10)18/h2-7H,8H2,1H3,(H2,19,22). The molecule has 1 amide bonds. The van der Waals surface area contributed by atoms with Crippen molar-refractivity contribution < 1.29 is 13.9 Å². The molecule has 0 spiro atoms. The van der Waals surface area contributed by atoms with Crippen molar-refractivity contribution in [3.8, 4) is 5.88 Å². The molecule has 0 aliphatic heterocycles. The lowest BCUT2D eigenvalue weighted by molar-refractivity contribution is 0.0992.